The fourth-order valence-electron chi connectivity index (χ4n) is 3.18. The van der Waals surface area contributed by atoms with Crippen molar-refractivity contribution in [3.63, 3.8) is 0 Å². The summed E-state index contributed by atoms with van der Waals surface area (Å²) in [6, 6.07) is 1.40. The van der Waals surface area contributed by atoms with E-state index < -0.39 is 0 Å². The summed E-state index contributed by atoms with van der Waals surface area (Å²) in [6.45, 7) is 8.86. The molecule has 0 aromatic carbocycles. The van der Waals surface area contributed by atoms with Gasteiger partial charge in [-0.3, -0.25) is 4.90 Å². The quantitative estimate of drug-likeness (QED) is 0.763. The summed E-state index contributed by atoms with van der Waals surface area (Å²) in [5.41, 5.74) is 0. The van der Waals surface area contributed by atoms with Gasteiger partial charge in [0.05, 0.1) is 12.7 Å². The van der Waals surface area contributed by atoms with Crippen LogP contribution in [0.15, 0.2) is 0 Å². The van der Waals surface area contributed by atoms with Crippen LogP contribution in [0.5, 0.6) is 0 Å². The van der Waals surface area contributed by atoms with E-state index in [2.05, 4.69) is 24.1 Å². The topological polar surface area (TPSA) is 24.5 Å². The van der Waals surface area contributed by atoms with Gasteiger partial charge in [-0.05, 0) is 46.2 Å². The van der Waals surface area contributed by atoms with E-state index in [1.54, 1.807) is 0 Å². The van der Waals surface area contributed by atoms with E-state index in [1.165, 1.54) is 51.6 Å². The second kappa shape index (κ2) is 7.46. The monoisotopic (exact) mass is 254 g/mol. The highest BCUT2D eigenvalue weighted by atomic mass is 16.5. The number of nitrogens with one attached hydrogen (secondary N) is 1. The van der Waals surface area contributed by atoms with Crippen molar-refractivity contribution in [3.8, 4) is 0 Å². The van der Waals surface area contributed by atoms with Crippen molar-refractivity contribution < 1.29 is 4.74 Å². The molecule has 0 aromatic rings. The number of rotatable bonds is 5. The van der Waals surface area contributed by atoms with Crippen molar-refractivity contribution in [1.29, 1.82) is 0 Å². The third-order valence-electron chi connectivity index (χ3n) is 4.40. The Hall–Kier alpha value is -0.120. The van der Waals surface area contributed by atoms with Crippen molar-refractivity contribution in [2.24, 2.45) is 0 Å². The minimum Gasteiger partial charge on any atom is -0.376 e. The van der Waals surface area contributed by atoms with Gasteiger partial charge in [0.1, 0.15) is 0 Å². The zero-order chi connectivity index (χ0) is 12.8. The Labute approximate surface area is 112 Å². The van der Waals surface area contributed by atoms with Crippen molar-refractivity contribution in [3.05, 3.63) is 0 Å². The van der Waals surface area contributed by atoms with E-state index in [0.717, 1.165) is 19.2 Å². The van der Waals surface area contributed by atoms with Gasteiger partial charge in [-0.1, -0.05) is 19.3 Å². The Morgan fingerprint density at radius 3 is 2.72 bits per heavy atom. The Bertz CT molecular complexity index is 229. The summed E-state index contributed by atoms with van der Waals surface area (Å²) in [5, 5.41) is 3.73. The van der Waals surface area contributed by atoms with Gasteiger partial charge in [-0.25, -0.2) is 0 Å². The average molecular weight is 254 g/mol. The normalized spacial score (nSPS) is 31.7. The second-order valence-electron chi connectivity index (χ2n) is 6.13. The van der Waals surface area contributed by atoms with Gasteiger partial charge in [0.15, 0.2) is 0 Å². The first kappa shape index (κ1) is 14.3. The SMILES string of the molecule is CC1CN(CCCNC2CCCCC2)C(C)CO1. The van der Waals surface area contributed by atoms with Gasteiger partial charge in [0, 0.05) is 18.6 Å². The molecule has 0 bridgehead atoms. The average Bonchev–Trinajstić information content (AvgIpc) is 2.40. The van der Waals surface area contributed by atoms with Gasteiger partial charge in [-0.15, -0.1) is 0 Å². The number of ether oxygens (including phenoxy) is 1. The highest BCUT2D eigenvalue weighted by molar-refractivity contribution is 4.76. The molecule has 2 unspecified atom stereocenters. The number of hydrogen-bond donors (Lipinski definition) is 1. The molecule has 1 saturated heterocycles. The molecule has 0 spiro atoms. The number of morpholine rings is 1. The van der Waals surface area contributed by atoms with Crippen LogP contribution in [0.3, 0.4) is 0 Å². The number of nitrogens with zero attached hydrogens (tertiary/aromatic N) is 1. The molecule has 0 amide bonds. The first-order valence-corrected chi connectivity index (χ1v) is 7.84. The second-order valence-corrected chi connectivity index (χ2v) is 6.13. The molecule has 2 rings (SSSR count). The molecule has 1 saturated carbocycles. The van der Waals surface area contributed by atoms with Crippen LogP contribution in [0.2, 0.25) is 0 Å². The van der Waals surface area contributed by atoms with Gasteiger partial charge >= 0.3 is 0 Å². The molecule has 1 heterocycles. The van der Waals surface area contributed by atoms with Crippen LogP contribution >= 0.6 is 0 Å². The van der Waals surface area contributed by atoms with Crippen LogP contribution in [0.25, 0.3) is 0 Å². The maximum atomic E-state index is 5.66. The Morgan fingerprint density at radius 1 is 1.17 bits per heavy atom. The lowest BCUT2D eigenvalue weighted by Gasteiger charge is -2.36. The van der Waals surface area contributed by atoms with Crippen LogP contribution in [0.1, 0.15) is 52.4 Å². The minimum absolute atomic E-state index is 0.410. The lowest BCUT2D eigenvalue weighted by atomic mass is 9.95. The Morgan fingerprint density at radius 2 is 1.94 bits per heavy atom. The zero-order valence-corrected chi connectivity index (χ0v) is 12.2. The van der Waals surface area contributed by atoms with E-state index in [0.29, 0.717) is 12.1 Å². The summed E-state index contributed by atoms with van der Waals surface area (Å²) >= 11 is 0. The number of hydrogen-bond acceptors (Lipinski definition) is 3. The summed E-state index contributed by atoms with van der Waals surface area (Å²) in [7, 11) is 0. The van der Waals surface area contributed by atoms with E-state index in [4.69, 9.17) is 4.74 Å². The predicted molar refractivity (Wildman–Crippen MR) is 75.9 cm³/mol. The van der Waals surface area contributed by atoms with Crippen LogP contribution in [0, 0.1) is 0 Å². The smallest absolute Gasteiger partial charge is 0.0674 e. The predicted octanol–water partition coefficient (Wildman–Crippen LogP) is 2.41. The van der Waals surface area contributed by atoms with E-state index in [1.807, 2.05) is 0 Å². The Balaban J connectivity index is 1.56. The molecule has 106 valence electrons. The first-order valence-electron chi connectivity index (χ1n) is 7.84. The summed E-state index contributed by atoms with van der Waals surface area (Å²) < 4.78 is 5.66. The van der Waals surface area contributed by atoms with Crippen LogP contribution in [-0.2, 0) is 4.74 Å². The molecule has 3 nitrogen and oxygen atoms in total. The molecule has 2 aliphatic rings. The van der Waals surface area contributed by atoms with Gasteiger partial charge in [0.2, 0.25) is 0 Å². The lowest BCUT2D eigenvalue weighted by molar-refractivity contribution is -0.0494. The van der Waals surface area contributed by atoms with E-state index in [-0.39, 0.29) is 0 Å². The molecule has 1 N–H and O–H groups in total. The van der Waals surface area contributed by atoms with Crippen LogP contribution in [-0.4, -0.2) is 49.3 Å². The maximum Gasteiger partial charge on any atom is 0.0674 e. The fraction of sp³-hybridized carbons (Fsp3) is 1.00. The molecular weight excluding hydrogens is 224 g/mol. The fourth-order valence-corrected chi connectivity index (χ4v) is 3.18. The zero-order valence-electron chi connectivity index (χ0n) is 12.2. The molecule has 0 radical (unpaired) electrons. The van der Waals surface area contributed by atoms with Crippen LogP contribution in [0.4, 0.5) is 0 Å². The summed E-state index contributed by atoms with van der Waals surface area (Å²) in [4.78, 5) is 2.58. The van der Waals surface area contributed by atoms with Gasteiger partial charge < -0.3 is 10.1 Å². The Kier molecular flexibility index (Phi) is 5.93. The highest BCUT2D eigenvalue weighted by Crippen LogP contribution is 2.17. The molecule has 2 fully saturated rings. The van der Waals surface area contributed by atoms with Crippen LogP contribution < -0.4 is 5.32 Å². The first-order chi connectivity index (χ1) is 8.75. The minimum atomic E-state index is 0.410. The summed E-state index contributed by atoms with van der Waals surface area (Å²) in [5.74, 6) is 0. The molecule has 1 aliphatic carbocycles. The molecular formula is C15H30N2O. The van der Waals surface area contributed by atoms with Crippen molar-refractivity contribution in [1.82, 2.24) is 10.2 Å². The van der Waals surface area contributed by atoms with E-state index in [9.17, 15) is 0 Å². The van der Waals surface area contributed by atoms with E-state index >= 15 is 0 Å². The molecule has 2 atom stereocenters. The van der Waals surface area contributed by atoms with Gasteiger partial charge in [0.25, 0.3) is 0 Å². The lowest BCUT2D eigenvalue weighted by Crippen LogP contribution is -2.48. The van der Waals surface area contributed by atoms with Crippen molar-refractivity contribution in [2.45, 2.75) is 70.6 Å². The van der Waals surface area contributed by atoms with Crippen molar-refractivity contribution >= 4 is 0 Å². The van der Waals surface area contributed by atoms with Gasteiger partial charge in [-0.2, -0.15) is 0 Å². The summed E-state index contributed by atoms with van der Waals surface area (Å²) in [6.07, 6.45) is 8.77. The third-order valence-corrected chi connectivity index (χ3v) is 4.40. The highest BCUT2D eigenvalue weighted by Gasteiger charge is 2.22. The largest absolute Gasteiger partial charge is 0.376 e. The molecule has 18 heavy (non-hydrogen) atoms. The molecule has 0 aromatic heterocycles. The molecule has 1 aliphatic heterocycles. The standard InChI is InChI=1S/C15H30N2O/c1-13-12-18-14(2)11-17(13)10-6-9-16-15-7-4-3-5-8-15/h13-16H,3-12H2,1-2H3. The third kappa shape index (κ3) is 4.52. The molecule has 3 heteroatoms. The van der Waals surface area contributed by atoms with Crippen molar-refractivity contribution in [2.75, 3.05) is 26.2 Å². The maximum absolute atomic E-state index is 5.66.